The van der Waals surface area contributed by atoms with Gasteiger partial charge in [0.1, 0.15) is 0 Å². The minimum Gasteiger partial charge on any atom is -0.352 e. The Morgan fingerprint density at radius 3 is 2.03 bits per heavy atom. The quantitative estimate of drug-likeness (QED) is 0.637. The summed E-state index contributed by atoms with van der Waals surface area (Å²) in [6.07, 6.45) is 0. The number of benzene rings is 1. The first-order chi connectivity index (χ1) is 14.3. The lowest BCUT2D eigenvalue weighted by atomic mass is 10.1. The van der Waals surface area contributed by atoms with Crippen molar-refractivity contribution in [2.75, 3.05) is 31.1 Å². The van der Waals surface area contributed by atoms with Gasteiger partial charge in [0, 0.05) is 31.9 Å². The third kappa shape index (κ3) is 3.82. The van der Waals surface area contributed by atoms with E-state index in [1.807, 2.05) is 52.0 Å². The Balaban J connectivity index is 1.45. The maximum Gasteiger partial charge on any atom is 0.243 e. The molecule has 0 radical (unpaired) electrons. The van der Waals surface area contributed by atoms with Gasteiger partial charge in [0.25, 0.3) is 0 Å². The van der Waals surface area contributed by atoms with Crippen LogP contribution in [0.5, 0.6) is 0 Å². The highest BCUT2D eigenvalue weighted by Gasteiger charge is 2.29. The van der Waals surface area contributed by atoms with E-state index in [1.165, 1.54) is 0 Å². The molecule has 4 rings (SSSR count). The summed E-state index contributed by atoms with van der Waals surface area (Å²) in [7, 11) is -3.49. The van der Waals surface area contributed by atoms with Crippen molar-refractivity contribution in [2.45, 2.75) is 32.6 Å². The second kappa shape index (κ2) is 7.81. The molecule has 1 fully saturated rings. The van der Waals surface area contributed by atoms with Crippen molar-refractivity contribution in [1.29, 1.82) is 0 Å². The molecule has 3 heterocycles. The number of piperazine rings is 1. The fourth-order valence-corrected chi connectivity index (χ4v) is 5.15. The van der Waals surface area contributed by atoms with E-state index in [1.54, 1.807) is 21.1 Å². The molecule has 0 N–H and O–H groups in total. The molecular formula is C21H26N6O2S. The maximum atomic E-state index is 13.0. The van der Waals surface area contributed by atoms with E-state index in [4.69, 9.17) is 0 Å². The molecule has 0 saturated carbocycles. The van der Waals surface area contributed by atoms with Crippen LogP contribution in [0.3, 0.4) is 0 Å². The third-order valence-electron chi connectivity index (χ3n) is 5.54. The number of rotatable bonds is 4. The minimum atomic E-state index is -3.49. The summed E-state index contributed by atoms with van der Waals surface area (Å²) >= 11 is 0. The maximum absolute atomic E-state index is 13.0. The molecule has 8 nitrogen and oxygen atoms in total. The van der Waals surface area contributed by atoms with Gasteiger partial charge in [0.15, 0.2) is 11.6 Å². The van der Waals surface area contributed by atoms with E-state index < -0.39 is 10.0 Å². The van der Waals surface area contributed by atoms with Crippen LogP contribution in [-0.4, -0.2) is 58.9 Å². The Hall–Kier alpha value is -2.78. The SMILES string of the molecule is Cc1cc(C)n(-c2ccc(N3CCN(S(=O)(=O)c4ccc(C)c(C)c4)CC3)nn2)n1. The second-order valence-electron chi connectivity index (χ2n) is 7.73. The fraction of sp³-hybridized carbons (Fsp3) is 0.381. The summed E-state index contributed by atoms with van der Waals surface area (Å²) in [6.45, 7) is 9.79. The molecule has 30 heavy (non-hydrogen) atoms. The standard InChI is InChI=1S/C21H26N6O2S/c1-15-5-6-19(13-16(15)2)30(28,29)26-11-9-25(10-12-26)20-7-8-21(23-22-20)27-18(4)14-17(3)24-27/h5-8,13-14H,9-12H2,1-4H3. The molecule has 9 heteroatoms. The molecule has 0 aliphatic carbocycles. The van der Waals surface area contributed by atoms with Crippen LogP contribution < -0.4 is 4.90 Å². The fourth-order valence-electron chi connectivity index (χ4n) is 3.64. The number of nitrogens with zero attached hydrogens (tertiary/aromatic N) is 6. The highest BCUT2D eigenvalue weighted by molar-refractivity contribution is 7.89. The number of anilines is 1. The van der Waals surface area contributed by atoms with Gasteiger partial charge < -0.3 is 4.90 Å². The number of hydrogen-bond donors (Lipinski definition) is 0. The molecule has 1 aliphatic heterocycles. The minimum absolute atomic E-state index is 0.355. The summed E-state index contributed by atoms with van der Waals surface area (Å²) in [5, 5.41) is 13.1. The molecule has 0 atom stereocenters. The average Bonchev–Trinajstić information content (AvgIpc) is 3.08. The largest absolute Gasteiger partial charge is 0.352 e. The average molecular weight is 427 g/mol. The topological polar surface area (TPSA) is 84.2 Å². The van der Waals surface area contributed by atoms with Crippen molar-refractivity contribution in [3.63, 3.8) is 0 Å². The van der Waals surface area contributed by atoms with Crippen molar-refractivity contribution in [3.05, 3.63) is 58.9 Å². The van der Waals surface area contributed by atoms with Gasteiger partial charge in [0.05, 0.1) is 10.6 Å². The zero-order valence-electron chi connectivity index (χ0n) is 17.7. The van der Waals surface area contributed by atoms with Crippen molar-refractivity contribution >= 4 is 15.8 Å². The first-order valence-electron chi connectivity index (χ1n) is 9.95. The van der Waals surface area contributed by atoms with Gasteiger partial charge in [-0.1, -0.05) is 6.07 Å². The van der Waals surface area contributed by atoms with Crippen LogP contribution in [0.15, 0.2) is 41.3 Å². The zero-order valence-corrected chi connectivity index (χ0v) is 18.5. The van der Waals surface area contributed by atoms with E-state index in [-0.39, 0.29) is 0 Å². The van der Waals surface area contributed by atoms with Crippen LogP contribution in [0.2, 0.25) is 0 Å². The van der Waals surface area contributed by atoms with Crippen LogP contribution in [-0.2, 0) is 10.0 Å². The van der Waals surface area contributed by atoms with Crippen molar-refractivity contribution < 1.29 is 8.42 Å². The van der Waals surface area contributed by atoms with Gasteiger partial charge in [-0.15, -0.1) is 10.2 Å². The lowest BCUT2D eigenvalue weighted by Gasteiger charge is -2.34. The predicted molar refractivity (Wildman–Crippen MR) is 116 cm³/mol. The Labute approximate surface area is 177 Å². The van der Waals surface area contributed by atoms with Gasteiger partial charge >= 0.3 is 0 Å². The van der Waals surface area contributed by atoms with Crippen LogP contribution in [0.1, 0.15) is 22.5 Å². The monoisotopic (exact) mass is 426 g/mol. The van der Waals surface area contributed by atoms with Crippen LogP contribution in [0, 0.1) is 27.7 Å². The number of hydrogen-bond acceptors (Lipinski definition) is 6. The van der Waals surface area contributed by atoms with E-state index in [2.05, 4.69) is 20.2 Å². The summed E-state index contributed by atoms with van der Waals surface area (Å²) in [6, 6.07) is 11.1. The normalized spacial score (nSPS) is 15.5. The molecule has 0 amide bonds. The van der Waals surface area contributed by atoms with E-state index in [0.717, 1.165) is 28.3 Å². The van der Waals surface area contributed by atoms with Crippen LogP contribution in [0.25, 0.3) is 5.82 Å². The van der Waals surface area contributed by atoms with Gasteiger partial charge in [-0.05, 0) is 69.2 Å². The summed E-state index contributed by atoms with van der Waals surface area (Å²) in [5.41, 5.74) is 3.99. The van der Waals surface area contributed by atoms with Gasteiger partial charge in [-0.25, -0.2) is 13.1 Å². The molecule has 158 valence electrons. The molecule has 1 saturated heterocycles. The summed E-state index contributed by atoms with van der Waals surface area (Å²) in [5.74, 6) is 1.41. The smallest absolute Gasteiger partial charge is 0.243 e. The Morgan fingerprint density at radius 2 is 1.47 bits per heavy atom. The Bertz CT molecular complexity index is 1160. The van der Waals surface area contributed by atoms with Crippen molar-refractivity contribution in [1.82, 2.24) is 24.3 Å². The van der Waals surface area contributed by atoms with Crippen molar-refractivity contribution in [2.24, 2.45) is 0 Å². The van der Waals surface area contributed by atoms with Crippen LogP contribution in [0.4, 0.5) is 5.82 Å². The highest BCUT2D eigenvalue weighted by Crippen LogP contribution is 2.22. The molecular weight excluding hydrogens is 400 g/mol. The Kier molecular flexibility index (Phi) is 5.33. The van der Waals surface area contributed by atoms with Gasteiger partial charge in [0.2, 0.25) is 10.0 Å². The summed E-state index contributed by atoms with van der Waals surface area (Å²) in [4.78, 5) is 2.41. The first-order valence-corrected chi connectivity index (χ1v) is 11.4. The Morgan fingerprint density at radius 1 is 0.800 bits per heavy atom. The number of sulfonamides is 1. The molecule has 3 aromatic rings. The second-order valence-corrected chi connectivity index (χ2v) is 9.66. The lowest BCUT2D eigenvalue weighted by molar-refractivity contribution is 0.383. The molecule has 0 bridgehead atoms. The van der Waals surface area contributed by atoms with E-state index >= 15 is 0 Å². The highest BCUT2D eigenvalue weighted by atomic mass is 32.2. The van der Waals surface area contributed by atoms with Crippen LogP contribution >= 0.6 is 0 Å². The molecule has 1 aromatic carbocycles. The van der Waals surface area contributed by atoms with E-state index in [0.29, 0.717) is 36.9 Å². The first kappa shape index (κ1) is 20.5. The van der Waals surface area contributed by atoms with Gasteiger partial charge in [-0.3, -0.25) is 0 Å². The molecule has 1 aliphatic rings. The van der Waals surface area contributed by atoms with Crippen molar-refractivity contribution in [3.8, 4) is 5.82 Å². The zero-order chi connectivity index (χ0) is 21.5. The number of aromatic nitrogens is 4. The molecule has 0 spiro atoms. The lowest BCUT2D eigenvalue weighted by Crippen LogP contribution is -2.49. The summed E-state index contributed by atoms with van der Waals surface area (Å²) < 4.78 is 29.3. The number of aryl methyl sites for hydroxylation is 4. The molecule has 2 aromatic heterocycles. The van der Waals surface area contributed by atoms with Gasteiger partial charge in [-0.2, -0.15) is 9.40 Å². The predicted octanol–water partition coefficient (Wildman–Crippen LogP) is 2.41. The third-order valence-corrected chi connectivity index (χ3v) is 7.44. The van der Waals surface area contributed by atoms with E-state index in [9.17, 15) is 8.42 Å². The molecule has 0 unspecified atom stereocenters.